The molecule has 0 saturated carbocycles. The molecule has 0 aromatic heterocycles. The summed E-state index contributed by atoms with van der Waals surface area (Å²) in [5.41, 5.74) is 0.900. The van der Waals surface area contributed by atoms with E-state index in [9.17, 15) is 14.4 Å². The van der Waals surface area contributed by atoms with Crippen LogP contribution < -0.4 is 0 Å². The van der Waals surface area contributed by atoms with E-state index >= 15 is 0 Å². The molecule has 6 heteroatoms. The molecule has 0 saturated heterocycles. The average Bonchev–Trinajstić information content (AvgIpc) is 2.72. The van der Waals surface area contributed by atoms with Crippen molar-refractivity contribution in [3.63, 3.8) is 0 Å². The zero-order chi connectivity index (χ0) is 21.6. The van der Waals surface area contributed by atoms with Gasteiger partial charge in [0.15, 0.2) is 0 Å². The maximum Gasteiger partial charge on any atom is 0.338 e. The summed E-state index contributed by atoms with van der Waals surface area (Å²) in [6.07, 6.45) is 6.25. The summed E-state index contributed by atoms with van der Waals surface area (Å²) in [6, 6.07) is 6.00. The molecule has 0 aliphatic rings. The number of carbonyl (C=O) groups excluding carboxylic acids is 3. The molecule has 6 nitrogen and oxygen atoms in total. The Morgan fingerprint density at radius 3 is 1.86 bits per heavy atom. The molecular weight excluding hydrogens is 372 g/mol. The van der Waals surface area contributed by atoms with Gasteiger partial charge in [-0.15, -0.1) is 13.2 Å². The fraction of sp³-hybridized carbons (Fsp3) is 0.348. The average molecular weight is 400 g/mol. The molecule has 1 aromatic carbocycles. The van der Waals surface area contributed by atoms with Crippen LogP contribution in [0.5, 0.6) is 0 Å². The van der Waals surface area contributed by atoms with E-state index in [1.54, 1.807) is 12.2 Å². The summed E-state index contributed by atoms with van der Waals surface area (Å²) >= 11 is 0. The van der Waals surface area contributed by atoms with Gasteiger partial charge in [0.2, 0.25) is 0 Å². The molecule has 0 N–H and O–H groups in total. The van der Waals surface area contributed by atoms with Crippen molar-refractivity contribution in [1.29, 1.82) is 0 Å². The smallest absolute Gasteiger partial charge is 0.338 e. The summed E-state index contributed by atoms with van der Waals surface area (Å²) in [4.78, 5) is 35.6. The maximum atomic E-state index is 12.3. The van der Waals surface area contributed by atoms with E-state index in [2.05, 4.69) is 19.7 Å². The Morgan fingerprint density at radius 1 is 0.897 bits per heavy atom. The topological polar surface area (TPSA) is 78.9 Å². The molecule has 0 fully saturated rings. The van der Waals surface area contributed by atoms with Crippen LogP contribution in [0.4, 0.5) is 0 Å². The SMILES string of the molecule is C=CCCC(CCC=C)OC(=O)c1ccc(C(=O)OCCOC(=O)C(=C)C)cc1. The second-order valence-electron chi connectivity index (χ2n) is 6.39. The van der Waals surface area contributed by atoms with Gasteiger partial charge < -0.3 is 14.2 Å². The molecule has 1 rings (SSSR count). The summed E-state index contributed by atoms with van der Waals surface area (Å²) in [7, 11) is 0. The van der Waals surface area contributed by atoms with Crippen molar-refractivity contribution in [3.05, 3.63) is 72.9 Å². The van der Waals surface area contributed by atoms with Gasteiger partial charge in [-0.1, -0.05) is 18.7 Å². The number of rotatable bonds is 13. The van der Waals surface area contributed by atoms with E-state index in [-0.39, 0.29) is 30.5 Å². The van der Waals surface area contributed by atoms with E-state index < -0.39 is 17.9 Å². The van der Waals surface area contributed by atoms with Crippen molar-refractivity contribution < 1.29 is 28.6 Å². The maximum absolute atomic E-state index is 12.3. The highest BCUT2D eigenvalue weighted by Crippen LogP contribution is 2.14. The van der Waals surface area contributed by atoms with Gasteiger partial charge in [-0.25, -0.2) is 14.4 Å². The lowest BCUT2D eigenvalue weighted by atomic mass is 10.1. The molecule has 0 spiro atoms. The van der Waals surface area contributed by atoms with Crippen molar-refractivity contribution in [2.75, 3.05) is 13.2 Å². The third-order valence-electron chi connectivity index (χ3n) is 3.91. The van der Waals surface area contributed by atoms with Crippen LogP contribution in [0.15, 0.2) is 61.7 Å². The minimum atomic E-state index is -0.578. The summed E-state index contributed by atoms with van der Waals surface area (Å²) in [6.45, 7) is 12.2. The van der Waals surface area contributed by atoms with Crippen molar-refractivity contribution in [2.45, 2.75) is 38.7 Å². The van der Waals surface area contributed by atoms with Gasteiger partial charge in [-0.2, -0.15) is 0 Å². The first kappa shape index (κ1) is 23.9. The minimum absolute atomic E-state index is 0.0569. The Kier molecular flexibility index (Phi) is 10.8. The van der Waals surface area contributed by atoms with Crippen molar-refractivity contribution >= 4 is 17.9 Å². The Balaban J connectivity index is 2.55. The molecule has 0 unspecified atom stereocenters. The van der Waals surface area contributed by atoms with E-state index in [0.717, 1.165) is 12.8 Å². The van der Waals surface area contributed by atoms with E-state index in [1.165, 1.54) is 31.2 Å². The number of hydrogen-bond donors (Lipinski definition) is 0. The molecule has 0 bridgehead atoms. The van der Waals surface area contributed by atoms with Crippen LogP contribution >= 0.6 is 0 Å². The first-order chi connectivity index (χ1) is 13.9. The lowest BCUT2D eigenvalue weighted by molar-refractivity contribution is -0.140. The Bertz CT molecular complexity index is 720. The third-order valence-corrected chi connectivity index (χ3v) is 3.91. The fourth-order valence-electron chi connectivity index (χ4n) is 2.31. The van der Waals surface area contributed by atoms with Gasteiger partial charge in [-0.3, -0.25) is 0 Å². The summed E-state index contributed by atoms with van der Waals surface area (Å²) in [5.74, 6) is -1.57. The number of hydrogen-bond acceptors (Lipinski definition) is 6. The van der Waals surface area contributed by atoms with E-state index in [0.29, 0.717) is 18.4 Å². The molecule has 0 radical (unpaired) electrons. The molecular formula is C23H28O6. The highest BCUT2D eigenvalue weighted by Gasteiger charge is 2.16. The largest absolute Gasteiger partial charge is 0.459 e. The molecule has 29 heavy (non-hydrogen) atoms. The van der Waals surface area contributed by atoms with Gasteiger partial charge in [-0.05, 0) is 56.9 Å². The first-order valence-corrected chi connectivity index (χ1v) is 9.41. The standard InChI is InChI=1S/C23H28O6/c1-5-7-9-20(10-8-6-2)29-23(26)19-13-11-18(12-14-19)22(25)28-16-15-27-21(24)17(3)4/h5-6,11-14,20H,1-3,7-10,15-16H2,4H3. The van der Waals surface area contributed by atoms with Crippen LogP contribution in [0.1, 0.15) is 53.3 Å². The van der Waals surface area contributed by atoms with Gasteiger partial charge in [0.1, 0.15) is 19.3 Å². The predicted molar refractivity (Wildman–Crippen MR) is 111 cm³/mol. The zero-order valence-corrected chi connectivity index (χ0v) is 16.9. The number of ether oxygens (including phenoxy) is 3. The number of esters is 3. The fourth-order valence-corrected chi connectivity index (χ4v) is 2.31. The zero-order valence-electron chi connectivity index (χ0n) is 16.9. The highest BCUT2D eigenvalue weighted by atomic mass is 16.6. The highest BCUT2D eigenvalue weighted by molar-refractivity contribution is 5.93. The number of carbonyl (C=O) groups is 3. The van der Waals surface area contributed by atoms with Gasteiger partial charge in [0.25, 0.3) is 0 Å². The minimum Gasteiger partial charge on any atom is -0.459 e. The third kappa shape index (κ3) is 9.06. The van der Waals surface area contributed by atoms with Crippen molar-refractivity contribution in [3.8, 4) is 0 Å². The van der Waals surface area contributed by atoms with Crippen LogP contribution in [0.2, 0.25) is 0 Å². The number of allylic oxidation sites excluding steroid dienone is 2. The quantitative estimate of drug-likeness (QED) is 0.160. The predicted octanol–water partition coefficient (Wildman–Crippen LogP) is 4.42. The van der Waals surface area contributed by atoms with Crippen LogP contribution in [0.25, 0.3) is 0 Å². The summed E-state index contributed by atoms with van der Waals surface area (Å²) in [5, 5.41) is 0. The lowest BCUT2D eigenvalue weighted by Gasteiger charge is -2.16. The van der Waals surface area contributed by atoms with Gasteiger partial charge in [0, 0.05) is 5.57 Å². The Labute approximate surface area is 171 Å². The number of benzene rings is 1. The molecule has 0 aliphatic heterocycles. The van der Waals surface area contributed by atoms with Crippen LogP contribution in [0.3, 0.4) is 0 Å². The Hall–Kier alpha value is -3.15. The second-order valence-corrected chi connectivity index (χ2v) is 6.39. The Morgan fingerprint density at radius 2 is 1.38 bits per heavy atom. The lowest BCUT2D eigenvalue weighted by Crippen LogP contribution is -2.18. The van der Waals surface area contributed by atoms with E-state index in [4.69, 9.17) is 14.2 Å². The van der Waals surface area contributed by atoms with Crippen molar-refractivity contribution in [2.24, 2.45) is 0 Å². The molecule has 0 atom stereocenters. The second kappa shape index (κ2) is 13.1. The summed E-state index contributed by atoms with van der Waals surface area (Å²) < 4.78 is 15.4. The molecule has 0 heterocycles. The monoisotopic (exact) mass is 400 g/mol. The van der Waals surface area contributed by atoms with Gasteiger partial charge >= 0.3 is 17.9 Å². The van der Waals surface area contributed by atoms with Crippen molar-refractivity contribution in [1.82, 2.24) is 0 Å². The molecule has 1 aromatic rings. The first-order valence-electron chi connectivity index (χ1n) is 9.41. The molecule has 0 amide bonds. The molecule has 156 valence electrons. The van der Waals surface area contributed by atoms with Crippen LogP contribution in [-0.4, -0.2) is 37.2 Å². The van der Waals surface area contributed by atoms with Gasteiger partial charge in [0.05, 0.1) is 11.1 Å². The van der Waals surface area contributed by atoms with E-state index in [1.807, 2.05) is 0 Å². The molecule has 0 aliphatic carbocycles. The normalized spacial score (nSPS) is 10.1. The van der Waals surface area contributed by atoms with Crippen LogP contribution in [-0.2, 0) is 19.0 Å². The van der Waals surface area contributed by atoms with Crippen LogP contribution in [0, 0.1) is 0 Å².